The highest BCUT2D eigenvalue weighted by molar-refractivity contribution is 7.90. The van der Waals surface area contributed by atoms with Crippen molar-refractivity contribution >= 4 is 45.5 Å². The van der Waals surface area contributed by atoms with Crippen molar-refractivity contribution in [3.63, 3.8) is 0 Å². The SMILES string of the molecule is CCC(NC(=O)OCc1ccccc1)C(=O)NS(=O)(=O)c1cc(/C=C/C(=O)c2c(OC)cc(O)c(CC=C(C)C)c2O)ccc1Cl. The number of hydrogen-bond donors (Lipinski definition) is 4. The van der Waals surface area contributed by atoms with Crippen LogP contribution in [0.25, 0.3) is 6.08 Å². The van der Waals surface area contributed by atoms with Crippen LogP contribution in [0.2, 0.25) is 5.02 Å². The number of methoxy groups -OCH3 is 1. The fourth-order valence-electron chi connectivity index (χ4n) is 4.18. The fraction of sp³-hybridized carbons (Fsp3) is 0.242. The lowest BCUT2D eigenvalue weighted by molar-refractivity contribution is -0.121. The minimum absolute atomic E-state index is 0.0440. The van der Waals surface area contributed by atoms with Gasteiger partial charge in [0, 0.05) is 11.6 Å². The van der Waals surface area contributed by atoms with Crippen LogP contribution >= 0.6 is 11.6 Å². The zero-order valence-corrected chi connectivity index (χ0v) is 27.2. The maximum Gasteiger partial charge on any atom is 0.408 e. The van der Waals surface area contributed by atoms with Crippen molar-refractivity contribution in [2.75, 3.05) is 7.11 Å². The van der Waals surface area contributed by atoms with E-state index in [-0.39, 0.29) is 52.7 Å². The molecule has 0 aliphatic heterocycles. The number of aromatic hydroxyl groups is 2. The van der Waals surface area contributed by atoms with Crippen molar-refractivity contribution in [1.29, 1.82) is 0 Å². The number of ether oxygens (including phenoxy) is 2. The molecule has 3 aromatic carbocycles. The lowest BCUT2D eigenvalue weighted by Gasteiger charge is -2.17. The molecule has 3 rings (SSSR count). The number of amides is 2. The molecule has 0 bridgehead atoms. The van der Waals surface area contributed by atoms with E-state index in [4.69, 9.17) is 21.1 Å². The largest absolute Gasteiger partial charge is 0.507 e. The standard InChI is InChI=1S/C33H35ClN2O9S/c1-5-25(35-33(41)45-19-22-9-7-6-8-10-22)32(40)36-46(42,43)29-17-21(12-15-24(29)34)13-16-26(37)30-28(44-4)18-27(38)23(31(30)39)14-11-20(2)3/h6-13,15-18,25,38-39H,5,14,19H2,1-4H3,(H,35,41)(H,36,40)/b16-13+. The number of benzene rings is 3. The van der Waals surface area contributed by atoms with Gasteiger partial charge >= 0.3 is 6.09 Å². The summed E-state index contributed by atoms with van der Waals surface area (Å²) in [7, 11) is -3.25. The van der Waals surface area contributed by atoms with Gasteiger partial charge in [-0.1, -0.05) is 72.6 Å². The summed E-state index contributed by atoms with van der Waals surface area (Å²) in [6, 6.07) is 12.7. The first-order chi connectivity index (χ1) is 21.8. The number of rotatable bonds is 13. The minimum Gasteiger partial charge on any atom is -0.507 e. The summed E-state index contributed by atoms with van der Waals surface area (Å²) < 4.78 is 38.6. The molecule has 46 heavy (non-hydrogen) atoms. The molecule has 0 heterocycles. The van der Waals surface area contributed by atoms with Crippen LogP contribution in [0, 0.1) is 0 Å². The second-order valence-electron chi connectivity index (χ2n) is 10.3. The van der Waals surface area contributed by atoms with Crippen molar-refractivity contribution in [3.05, 3.63) is 99.6 Å². The number of hydrogen-bond acceptors (Lipinski definition) is 9. The summed E-state index contributed by atoms with van der Waals surface area (Å²) in [4.78, 5) is 37.8. The van der Waals surface area contributed by atoms with Gasteiger partial charge in [-0.2, -0.15) is 0 Å². The molecule has 1 unspecified atom stereocenters. The van der Waals surface area contributed by atoms with E-state index >= 15 is 0 Å². The number of allylic oxidation sites excluding steroid dienone is 3. The Kier molecular flexibility index (Phi) is 12.4. The van der Waals surface area contributed by atoms with E-state index in [9.17, 15) is 33.0 Å². The zero-order chi connectivity index (χ0) is 34.0. The maximum absolute atomic E-state index is 13.2. The van der Waals surface area contributed by atoms with E-state index in [1.807, 2.05) is 24.6 Å². The molecule has 0 saturated carbocycles. The highest BCUT2D eigenvalue weighted by Crippen LogP contribution is 2.39. The summed E-state index contributed by atoms with van der Waals surface area (Å²) in [5.74, 6) is -2.45. The molecule has 0 radical (unpaired) electrons. The molecule has 0 aliphatic carbocycles. The van der Waals surface area contributed by atoms with E-state index in [1.54, 1.807) is 37.3 Å². The highest BCUT2D eigenvalue weighted by Gasteiger charge is 2.27. The molecule has 0 fully saturated rings. The number of alkyl carbamates (subject to hydrolysis) is 1. The van der Waals surface area contributed by atoms with E-state index in [2.05, 4.69) is 5.32 Å². The van der Waals surface area contributed by atoms with Gasteiger partial charge in [-0.15, -0.1) is 0 Å². The van der Waals surface area contributed by atoms with E-state index in [1.165, 1.54) is 31.4 Å². The van der Waals surface area contributed by atoms with Crippen LogP contribution in [0.1, 0.15) is 54.2 Å². The number of phenols is 2. The van der Waals surface area contributed by atoms with E-state index in [0.29, 0.717) is 0 Å². The van der Waals surface area contributed by atoms with Crippen molar-refractivity contribution in [1.82, 2.24) is 10.0 Å². The number of sulfonamides is 1. The average Bonchev–Trinajstić information content (AvgIpc) is 3.01. The Hall–Kier alpha value is -4.81. The lowest BCUT2D eigenvalue weighted by atomic mass is 9.99. The third-order valence-electron chi connectivity index (χ3n) is 6.66. The molecule has 11 nitrogen and oxygen atoms in total. The van der Waals surface area contributed by atoms with Gasteiger partial charge in [0.15, 0.2) is 5.78 Å². The van der Waals surface area contributed by atoms with E-state index < -0.39 is 44.5 Å². The molecule has 13 heteroatoms. The number of phenolic OH excluding ortho intramolecular Hbond substituents is 2. The van der Waals surface area contributed by atoms with Crippen LogP contribution < -0.4 is 14.8 Å². The Labute approximate surface area is 272 Å². The third-order valence-corrected chi connectivity index (χ3v) is 8.49. The number of nitrogens with one attached hydrogen (secondary N) is 2. The highest BCUT2D eigenvalue weighted by atomic mass is 35.5. The first kappa shape index (κ1) is 35.7. The van der Waals surface area contributed by atoms with Crippen LogP contribution in [-0.4, -0.2) is 49.6 Å². The molecule has 2 amide bonds. The van der Waals surface area contributed by atoms with Gasteiger partial charge in [0.05, 0.1) is 12.1 Å². The molecule has 244 valence electrons. The normalized spacial score (nSPS) is 11.8. The van der Waals surface area contributed by atoms with E-state index in [0.717, 1.165) is 23.3 Å². The molecule has 0 aromatic heterocycles. The van der Waals surface area contributed by atoms with Crippen LogP contribution in [0.15, 0.2) is 77.2 Å². The number of ketones is 1. The predicted octanol–water partition coefficient (Wildman–Crippen LogP) is 5.67. The Morgan fingerprint density at radius 3 is 2.37 bits per heavy atom. The van der Waals surface area contributed by atoms with Crippen LogP contribution in [-0.2, 0) is 32.6 Å². The maximum atomic E-state index is 13.2. The smallest absolute Gasteiger partial charge is 0.408 e. The van der Waals surface area contributed by atoms with Gasteiger partial charge in [-0.3, -0.25) is 9.59 Å². The second-order valence-corrected chi connectivity index (χ2v) is 12.4. The molecule has 1 atom stereocenters. The molecular weight excluding hydrogens is 636 g/mol. The van der Waals surface area contributed by atoms with Gasteiger partial charge < -0.3 is 25.0 Å². The second kappa shape index (κ2) is 16.0. The monoisotopic (exact) mass is 670 g/mol. The van der Waals surface area contributed by atoms with Gasteiger partial charge in [-0.05, 0) is 56.0 Å². The van der Waals surface area contributed by atoms with Crippen LogP contribution in [0.4, 0.5) is 4.79 Å². The lowest BCUT2D eigenvalue weighted by Crippen LogP contribution is -2.48. The molecular formula is C33H35ClN2O9S. The first-order valence-corrected chi connectivity index (χ1v) is 15.9. The minimum atomic E-state index is -4.53. The van der Waals surface area contributed by atoms with Crippen LogP contribution in [0.5, 0.6) is 17.2 Å². The predicted molar refractivity (Wildman–Crippen MR) is 173 cm³/mol. The van der Waals surface area contributed by atoms with Crippen molar-refractivity contribution < 1.29 is 42.5 Å². The van der Waals surface area contributed by atoms with Gasteiger partial charge in [0.2, 0.25) is 0 Å². The Bertz CT molecular complexity index is 1770. The summed E-state index contributed by atoms with van der Waals surface area (Å²) >= 11 is 6.18. The Morgan fingerprint density at radius 1 is 1.04 bits per heavy atom. The zero-order valence-electron chi connectivity index (χ0n) is 25.7. The molecule has 3 aromatic rings. The Balaban J connectivity index is 1.78. The molecule has 0 aliphatic rings. The third kappa shape index (κ3) is 9.35. The van der Waals surface area contributed by atoms with Crippen molar-refractivity contribution in [2.45, 2.75) is 51.2 Å². The summed E-state index contributed by atoms with van der Waals surface area (Å²) in [6.45, 7) is 5.23. The quantitative estimate of drug-likeness (QED) is 0.102. The van der Waals surface area contributed by atoms with Gasteiger partial charge in [0.1, 0.15) is 40.4 Å². The number of carbonyl (C=O) groups is 3. The molecule has 4 N–H and O–H groups in total. The fourth-order valence-corrected chi connectivity index (χ4v) is 5.74. The van der Waals surface area contributed by atoms with Crippen molar-refractivity contribution in [2.24, 2.45) is 0 Å². The average molecular weight is 671 g/mol. The molecule has 0 spiro atoms. The Morgan fingerprint density at radius 2 is 1.74 bits per heavy atom. The topological polar surface area (TPSA) is 168 Å². The van der Waals surface area contributed by atoms with Gasteiger partial charge in [-0.25, -0.2) is 17.9 Å². The summed E-state index contributed by atoms with van der Waals surface area (Å²) in [5.41, 5.74) is 1.84. The van der Waals surface area contributed by atoms with Crippen LogP contribution in [0.3, 0.4) is 0 Å². The number of halogens is 1. The first-order valence-electron chi connectivity index (χ1n) is 14.1. The van der Waals surface area contributed by atoms with Gasteiger partial charge in [0.25, 0.3) is 15.9 Å². The summed E-state index contributed by atoms with van der Waals surface area (Å²) in [6.07, 6.45) is 3.48. The number of carbonyl (C=O) groups excluding carboxylic acids is 3. The summed E-state index contributed by atoms with van der Waals surface area (Å²) in [5, 5.41) is 23.4. The molecule has 0 saturated heterocycles. The van der Waals surface area contributed by atoms with Crippen molar-refractivity contribution in [3.8, 4) is 17.2 Å².